The molecular formula is C13H28N2O3S. The molecule has 1 rings (SSSR count). The monoisotopic (exact) mass is 292 g/mol. The summed E-state index contributed by atoms with van der Waals surface area (Å²) in [4.78, 5) is 0. The topological polar surface area (TPSA) is 69.6 Å². The van der Waals surface area contributed by atoms with Gasteiger partial charge in [-0.05, 0) is 6.42 Å². The fraction of sp³-hybridized carbons (Fsp3) is 1.00. The zero-order chi connectivity index (χ0) is 14.1. The molecule has 19 heavy (non-hydrogen) atoms. The molecule has 1 aliphatic rings. The molecule has 1 saturated heterocycles. The highest BCUT2D eigenvalue weighted by Crippen LogP contribution is 2.11. The Morgan fingerprint density at radius 3 is 2.58 bits per heavy atom. The Bertz CT molecular complexity index is 333. The first-order valence-corrected chi connectivity index (χ1v) is 9.03. The quantitative estimate of drug-likeness (QED) is 0.621. The predicted molar refractivity (Wildman–Crippen MR) is 77.6 cm³/mol. The lowest BCUT2D eigenvalue weighted by atomic mass is 10.1. The maximum Gasteiger partial charge on any atom is 0.214 e. The number of unbranched alkanes of at least 4 members (excludes halogenated alkanes) is 5. The molecule has 1 atom stereocenters. The Kier molecular flexibility index (Phi) is 7.90. The second-order valence-corrected chi connectivity index (χ2v) is 7.36. The third-order valence-electron chi connectivity index (χ3n) is 3.59. The van der Waals surface area contributed by atoms with Gasteiger partial charge in [0.2, 0.25) is 10.0 Å². The second kappa shape index (κ2) is 8.89. The number of rotatable bonds is 9. The van der Waals surface area contributed by atoms with Crippen LogP contribution in [0.25, 0.3) is 0 Å². The summed E-state index contributed by atoms with van der Waals surface area (Å²) < 4.78 is 25.8. The molecule has 2 N–H and O–H groups in total. The van der Waals surface area contributed by atoms with Crippen LogP contribution in [0.3, 0.4) is 0 Å². The van der Waals surface area contributed by atoms with Gasteiger partial charge in [-0.25, -0.2) is 8.42 Å². The van der Waals surface area contributed by atoms with Gasteiger partial charge in [0.15, 0.2) is 0 Å². The summed E-state index contributed by atoms with van der Waals surface area (Å²) in [5.41, 5.74) is 0. The number of nitrogens with zero attached hydrogens (tertiary/aromatic N) is 1. The van der Waals surface area contributed by atoms with Crippen molar-refractivity contribution in [1.29, 1.82) is 0 Å². The minimum atomic E-state index is -3.14. The first-order chi connectivity index (χ1) is 9.10. The molecule has 0 bridgehead atoms. The molecule has 0 aromatic carbocycles. The summed E-state index contributed by atoms with van der Waals surface area (Å²) in [5, 5.41) is 12.2. The first-order valence-electron chi connectivity index (χ1n) is 7.42. The molecule has 0 amide bonds. The number of aliphatic hydroxyl groups is 1. The molecule has 114 valence electrons. The zero-order valence-electron chi connectivity index (χ0n) is 12.0. The number of sulfonamides is 1. The average molecular weight is 292 g/mol. The van der Waals surface area contributed by atoms with Crippen molar-refractivity contribution in [1.82, 2.24) is 9.62 Å². The van der Waals surface area contributed by atoms with Gasteiger partial charge >= 0.3 is 0 Å². The van der Waals surface area contributed by atoms with Crippen LogP contribution < -0.4 is 5.32 Å². The van der Waals surface area contributed by atoms with Crippen LogP contribution in [-0.4, -0.2) is 55.9 Å². The van der Waals surface area contributed by atoms with Gasteiger partial charge in [-0.15, -0.1) is 0 Å². The van der Waals surface area contributed by atoms with Crippen LogP contribution in [0.4, 0.5) is 0 Å². The Morgan fingerprint density at radius 2 is 1.89 bits per heavy atom. The van der Waals surface area contributed by atoms with E-state index in [1.165, 1.54) is 23.6 Å². The Labute approximate surface area is 117 Å². The first kappa shape index (κ1) is 16.9. The number of hydrogen-bond donors (Lipinski definition) is 2. The highest BCUT2D eigenvalue weighted by Gasteiger charge is 2.27. The van der Waals surface area contributed by atoms with E-state index in [1.54, 1.807) is 0 Å². The molecule has 0 aromatic rings. The summed E-state index contributed by atoms with van der Waals surface area (Å²) in [6.45, 7) is 3.71. The van der Waals surface area contributed by atoms with Crippen LogP contribution in [0.1, 0.15) is 45.4 Å². The van der Waals surface area contributed by atoms with Gasteiger partial charge in [-0.3, -0.25) is 0 Å². The highest BCUT2D eigenvalue weighted by molar-refractivity contribution is 7.89. The fourth-order valence-corrected chi connectivity index (χ4v) is 3.97. The Hall–Kier alpha value is -0.170. The van der Waals surface area contributed by atoms with Gasteiger partial charge in [-0.2, -0.15) is 4.31 Å². The van der Waals surface area contributed by atoms with E-state index in [0.29, 0.717) is 19.6 Å². The third-order valence-corrected chi connectivity index (χ3v) is 5.51. The van der Waals surface area contributed by atoms with E-state index in [4.69, 9.17) is 5.11 Å². The summed E-state index contributed by atoms with van der Waals surface area (Å²) in [6.07, 6.45) is 6.53. The standard InChI is InChI=1S/C13H28N2O3S/c1-2-3-4-5-6-7-10-19(17,18)15-9-8-14-13(11-15)12-16/h13-14,16H,2-12H2,1H3/t13-/m1/s1. The predicted octanol–water partition coefficient (Wildman–Crippen LogP) is 0.943. The van der Waals surface area contributed by atoms with E-state index in [1.807, 2.05) is 0 Å². The van der Waals surface area contributed by atoms with Gasteiger partial charge in [0, 0.05) is 25.7 Å². The Balaban J connectivity index is 2.26. The largest absolute Gasteiger partial charge is 0.395 e. The highest BCUT2D eigenvalue weighted by atomic mass is 32.2. The van der Waals surface area contributed by atoms with Crippen LogP contribution >= 0.6 is 0 Å². The van der Waals surface area contributed by atoms with Crippen molar-refractivity contribution >= 4 is 10.0 Å². The number of hydrogen-bond acceptors (Lipinski definition) is 4. The maximum absolute atomic E-state index is 12.2. The normalized spacial score (nSPS) is 21.7. The van der Waals surface area contributed by atoms with Gasteiger partial charge in [0.25, 0.3) is 0 Å². The van der Waals surface area contributed by atoms with Crippen molar-refractivity contribution in [2.45, 2.75) is 51.5 Å². The van der Waals surface area contributed by atoms with Crippen LogP contribution in [0.2, 0.25) is 0 Å². The van der Waals surface area contributed by atoms with Crippen molar-refractivity contribution in [3.05, 3.63) is 0 Å². The number of piperazine rings is 1. The van der Waals surface area contributed by atoms with E-state index in [-0.39, 0.29) is 18.4 Å². The van der Waals surface area contributed by atoms with Gasteiger partial charge in [0.1, 0.15) is 0 Å². The average Bonchev–Trinajstić information content (AvgIpc) is 2.43. The van der Waals surface area contributed by atoms with E-state index in [0.717, 1.165) is 19.3 Å². The molecule has 0 unspecified atom stereocenters. The van der Waals surface area contributed by atoms with E-state index in [2.05, 4.69) is 12.2 Å². The van der Waals surface area contributed by atoms with Crippen molar-refractivity contribution in [3.8, 4) is 0 Å². The SMILES string of the molecule is CCCCCCCCS(=O)(=O)N1CCN[C@@H](CO)C1. The van der Waals surface area contributed by atoms with Gasteiger partial charge in [0.05, 0.1) is 12.4 Å². The van der Waals surface area contributed by atoms with Crippen molar-refractivity contribution in [3.63, 3.8) is 0 Å². The molecule has 0 radical (unpaired) electrons. The lowest BCUT2D eigenvalue weighted by molar-refractivity contribution is 0.195. The van der Waals surface area contributed by atoms with Gasteiger partial charge < -0.3 is 10.4 Å². The van der Waals surface area contributed by atoms with Crippen LogP contribution in [0.15, 0.2) is 0 Å². The molecule has 5 nitrogen and oxygen atoms in total. The number of nitrogens with one attached hydrogen (secondary N) is 1. The Morgan fingerprint density at radius 1 is 1.21 bits per heavy atom. The lowest BCUT2D eigenvalue weighted by Crippen LogP contribution is -2.54. The molecule has 6 heteroatoms. The molecule has 0 aromatic heterocycles. The summed E-state index contributed by atoms with van der Waals surface area (Å²) in [6, 6.07) is -0.118. The molecule has 0 aliphatic carbocycles. The molecule has 1 aliphatic heterocycles. The summed E-state index contributed by atoms with van der Waals surface area (Å²) in [7, 11) is -3.14. The zero-order valence-corrected chi connectivity index (χ0v) is 12.8. The van der Waals surface area contributed by atoms with Gasteiger partial charge in [-0.1, -0.05) is 39.0 Å². The molecule has 1 fully saturated rings. The van der Waals surface area contributed by atoms with Crippen molar-refractivity contribution < 1.29 is 13.5 Å². The minimum Gasteiger partial charge on any atom is -0.395 e. The molecule has 0 spiro atoms. The maximum atomic E-state index is 12.2. The van der Waals surface area contributed by atoms with Crippen LogP contribution in [0.5, 0.6) is 0 Å². The minimum absolute atomic E-state index is 0.0109. The smallest absolute Gasteiger partial charge is 0.214 e. The number of aliphatic hydroxyl groups excluding tert-OH is 1. The molecular weight excluding hydrogens is 264 g/mol. The second-order valence-electron chi connectivity index (χ2n) is 5.28. The fourth-order valence-electron chi connectivity index (χ4n) is 2.36. The lowest BCUT2D eigenvalue weighted by Gasteiger charge is -2.31. The third kappa shape index (κ3) is 6.21. The summed E-state index contributed by atoms with van der Waals surface area (Å²) in [5.74, 6) is 0.247. The van der Waals surface area contributed by atoms with E-state index < -0.39 is 10.0 Å². The van der Waals surface area contributed by atoms with E-state index in [9.17, 15) is 8.42 Å². The molecule has 1 heterocycles. The summed E-state index contributed by atoms with van der Waals surface area (Å²) >= 11 is 0. The molecule has 0 saturated carbocycles. The van der Waals surface area contributed by atoms with Crippen LogP contribution in [-0.2, 0) is 10.0 Å². The van der Waals surface area contributed by atoms with Crippen molar-refractivity contribution in [2.24, 2.45) is 0 Å². The van der Waals surface area contributed by atoms with Crippen molar-refractivity contribution in [2.75, 3.05) is 32.0 Å². The van der Waals surface area contributed by atoms with Crippen LogP contribution in [0, 0.1) is 0 Å². The van der Waals surface area contributed by atoms with E-state index >= 15 is 0 Å².